The fourth-order valence-corrected chi connectivity index (χ4v) is 2.42. The Balaban J connectivity index is 2.53. The number of methoxy groups -OCH3 is 1. The average molecular weight is 287 g/mol. The molecule has 0 unspecified atom stereocenters. The lowest BCUT2D eigenvalue weighted by Crippen LogP contribution is -2.11. The largest absolute Gasteiger partial charge is 0.496 e. The fourth-order valence-electron chi connectivity index (χ4n) is 2.42. The van der Waals surface area contributed by atoms with Crippen LogP contribution in [0.5, 0.6) is 5.75 Å². The number of halogens is 1. The number of hydrogen-bond donors (Lipinski definition) is 1. The summed E-state index contributed by atoms with van der Waals surface area (Å²) in [5, 5.41) is 3.26. The summed E-state index contributed by atoms with van der Waals surface area (Å²) in [5.41, 5.74) is 4.64. The van der Waals surface area contributed by atoms with E-state index in [1.54, 1.807) is 7.11 Å². The lowest BCUT2D eigenvalue weighted by molar-refractivity contribution is 0.412. The third-order valence-electron chi connectivity index (χ3n) is 3.78. The van der Waals surface area contributed by atoms with Crippen LogP contribution in [0.4, 0.5) is 4.39 Å². The van der Waals surface area contributed by atoms with Crippen LogP contribution in [0.15, 0.2) is 30.3 Å². The quantitative estimate of drug-likeness (QED) is 0.888. The van der Waals surface area contributed by atoms with E-state index in [2.05, 4.69) is 12.2 Å². The van der Waals surface area contributed by atoms with Gasteiger partial charge in [0.1, 0.15) is 11.6 Å². The molecule has 0 bridgehead atoms. The molecule has 0 spiro atoms. The van der Waals surface area contributed by atoms with Crippen LogP contribution in [0.1, 0.15) is 23.6 Å². The van der Waals surface area contributed by atoms with Crippen LogP contribution in [0.2, 0.25) is 0 Å². The first-order valence-corrected chi connectivity index (χ1v) is 7.22. The molecule has 0 saturated carbocycles. The highest BCUT2D eigenvalue weighted by atomic mass is 19.1. The molecule has 1 N–H and O–H groups in total. The van der Waals surface area contributed by atoms with Gasteiger partial charge in [-0.25, -0.2) is 4.39 Å². The summed E-state index contributed by atoms with van der Waals surface area (Å²) in [6.45, 7) is 7.70. The van der Waals surface area contributed by atoms with Gasteiger partial charge in [-0.1, -0.05) is 25.1 Å². The second-order valence-electron chi connectivity index (χ2n) is 5.18. The van der Waals surface area contributed by atoms with E-state index in [1.807, 2.05) is 38.1 Å². The van der Waals surface area contributed by atoms with Crippen LogP contribution in [-0.4, -0.2) is 13.7 Å². The molecule has 0 fully saturated rings. The summed E-state index contributed by atoms with van der Waals surface area (Å²) in [5.74, 6) is 0.520. The van der Waals surface area contributed by atoms with Gasteiger partial charge in [0, 0.05) is 17.7 Å². The molecule has 112 valence electrons. The summed E-state index contributed by atoms with van der Waals surface area (Å²) in [6.07, 6.45) is 0. The van der Waals surface area contributed by atoms with Gasteiger partial charge >= 0.3 is 0 Å². The molecule has 0 aliphatic heterocycles. The summed E-state index contributed by atoms with van der Waals surface area (Å²) >= 11 is 0. The Morgan fingerprint density at radius 2 is 1.86 bits per heavy atom. The van der Waals surface area contributed by atoms with E-state index < -0.39 is 0 Å². The molecule has 2 nitrogen and oxygen atoms in total. The zero-order valence-electron chi connectivity index (χ0n) is 13.1. The molecule has 21 heavy (non-hydrogen) atoms. The van der Waals surface area contributed by atoms with Gasteiger partial charge in [0.05, 0.1) is 7.11 Å². The molecule has 0 heterocycles. The maximum Gasteiger partial charge on any atom is 0.131 e. The Labute approximate surface area is 126 Å². The highest BCUT2D eigenvalue weighted by Gasteiger charge is 2.14. The zero-order chi connectivity index (χ0) is 15.4. The third kappa shape index (κ3) is 3.24. The van der Waals surface area contributed by atoms with Crippen LogP contribution in [0, 0.1) is 19.7 Å². The lowest BCUT2D eigenvalue weighted by Gasteiger charge is -2.15. The molecule has 0 aliphatic carbocycles. The Kier molecular flexibility index (Phi) is 4.97. The fraction of sp³-hybridized carbons (Fsp3) is 0.333. The summed E-state index contributed by atoms with van der Waals surface area (Å²) in [6, 6.07) is 9.16. The molecule has 0 atom stereocenters. The topological polar surface area (TPSA) is 21.3 Å². The molecular formula is C18H22FNO. The van der Waals surface area contributed by atoms with Gasteiger partial charge in [-0.05, 0) is 49.2 Å². The van der Waals surface area contributed by atoms with Crippen molar-refractivity contribution in [2.45, 2.75) is 27.3 Å². The average Bonchev–Trinajstić information content (AvgIpc) is 2.49. The second kappa shape index (κ2) is 6.72. The van der Waals surface area contributed by atoms with Gasteiger partial charge in [-0.15, -0.1) is 0 Å². The smallest absolute Gasteiger partial charge is 0.131 e. The maximum atomic E-state index is 14.3. The molecule has 0 saturated heterocycles. The molecule has 3 heteroatoms. The van der Waals surface area contributed by atoms with E-state index in [9.17, 15) is 4.39 Å². The van der Waals surface area contributed by atoms with Gasteiger partial charge < -0.3 is 10.1 Å². The summed E-state index contributed by atoms with van der Waals surface area (Å²) in [7, 11) is 1.63. The van der Waals surface area contributed by atoms with E-state index in [0.717, 1.165) is 41.1 Å². The predicted molar refractivity (Wildman–Crippen MR) is 85.2 cm³/mol. The first-order chi connectivity index (χ1) is 10.1. The van der Waals surface area contributed by atoms with Crippen molar-refractivity contribution in [3.63, 3.8) is 0 Å². The van der Waals surface area contributed by atoms with Crippen LogP contribution < -0.4 is 10.1 Å². The van der Waals surface area contributed by atoms with Crippen molar-refractivity contribution >= 4 is 0 Å². The van der Waals surface area contributed by atoms with Gasteiger partial charge in [-0.3, -0.25) is 0 Å². The van der Waals surface area contributed by atoms with Crippen molar-refractivity contribution < 1.29 is 9.13 Å². The number of nitrogens with one attached hydrogen (secondary N) is 1. The van der Waals surface area contributed by atoms with Crippen molar-refractivity contribution in [1.82, 2.24) is 5.32 Å². The van der Waals surface area contributed by atoms with Crippen LogP contribution >= 0.6 is 0 Å². The Bertz CT molecular complexity index is 637. The van der Waals surface area contributed by atoms with E-state index in [1.165, 1.54) is 6.07 Å². The second-order valence-corrected chi connectivity index (χ2v) is 5.18. The minimum absolute atomic E-state index is 0.225. The Morgan fingerprint density at radius 3 is 2.52 bits per heavy atom. The molecule has 0 aliphatic rings. The minimum atomic E-state index is -0.225. The van der Waals surface area contributed by atoms with Crippen LogP contribution in [0.3, 0.4) is 0 Å². The monoisotopic (exact) mass is 287 g/mol. The van der Waals surface area contributed by atoms with E-state index in [-0.39, 0.29) is 5.82 Å². The summed E-state index contributed by atoms with van der Waals surface area (Å²) in [4.78, 5) is 0. The number of hydrogen-bond acceptors (Lipinski definition) is 2. The minimum Gasteiger partial charge on any atom is -0.496 e. The highest BCUT2D eigenvalue weighted by Crippen LogP contribution is 2.36. The standard InChI is InChI=1S/C18H22FNO/c1-5-20-11-14-7-9-17(19)16(10-14)15-8-6-12(2)13(3)18(15)21-4/h6-10,20H,5,11H2,1-4H3. The zero-order valence-corrected chi connectivity index (χ0v) is 13.1. The molecular weight excluding hydrogens is 265 g/mol. The third-order valence-corrected chi connectivity index (χ3v) is 3.78. The molecule has 2 rings (SSSR count). The van der Waals surface area contributed by atoms with E-state index in [4.69, 9.17) is 4.74 Å². The van der Waals surface area contributed by atoms with Gasteiger partial charge in [-0.2, -0.15) is 0 Å². The molecule has 0 amide bonds. The van der Waals surface area contributed by atoms with Crippen molar-refractivity contribution in [2.24, 2.45) is 0 Å². The molecule has 0 radical (unpaired) electrons. The molecule has 2 aromatic rings. The lowest BCUT2D eigenvalue weighted by atomic mass is 9.97. The number of rotatable bonds is 5. The van der Waals surface area contributed by atoms with Crippen molar-refractivity contribution in [3.05, 3.63) is 52.8 Å². The number of benzene rings is 2. The van der Waals surface area contributed by atoms with E-state index >= 15 is 0 Å². The normalized spacial score (nSPS) is 10.7. The summed E-state index contributed by atoms with van der Waals surface area (Å²) < 4.78 is 19.8. The maximum absolute atomic E-state index is 14.3. The van der Waals surface area contributed by atoms with Gasteiger partial charge in [0.2, 0.25) is 0 Å². The van der Waals surface area contributed by atoms with Crippen molar-refractivity contribution in [2.75, 3.05) is 13.7 Å². The Morgan fingerprint density at radius 1 is 1.10 bits per heavy atom. The number of ether oxygens (including phenoxy) is 1. The predicted octanol–water partition coefficient (Wildman–Crippen LogP) is 4.23. The van der Waals surface area contributed by atoms with Crippen molar-refractivity contribution in [1.29, 1.82) is 0 Å². The van der Waals surface area contributed by atoms with Crippen LogP contribution in [0.25, 0.3) is 11.1 Å². The van der Waals surface area contributed by atoms with Crippen LogP contribution in [-0.2, 0) is 6.54 Å². The molecule has 2 aromatic carbocycles. The number of aryl methyl sites for hydroxylation is 1. The highest BCUT2D eigenvalue weighted by molar-refractivity contribution is 5.74. The van der Waals surface area contributed by atoms with Crippen molar-refractivity contribution in [3.8, 4) is 16.9 Å². The first kappa shape index (κ1) is 15.5. The van der Waals surface area contributed by atoms with E-state index in [0.29, 0.717) is 5.56 Å². The Hall–Kier alpha value is -1.87. The molecule has 0 aromatic heterocycles. The van der Waals surface area contributed by atoms with Gasteiger partial charge in [0.25, 0.3) is 0 Å². The first-order valence-electron chi connectivity index (χ1n) is 7.22. The SMILES string of the molecule is CCNCc1ccc(F)c(-c2ccc(C)c(C)c2OC)c1. The van der Waals surface area contributed by atoms with Gasteiger partial charge in [0.15, 0.2) is 0 Å².